The van der Waals surface area contributed by atoms with Crippen molar-refractivity contribution in [3.05, 3.63) is 29.3 Å². The van der Waals surface area contributed by atoms with Crippen molar-refractivity contribution < 1.29 is 9.59 Å². The Morgan fingerprint density at radius 1 is 1.13 bits per heavy atom. The van der Waals surface area contributed by atoms with Crippen molar-refractivity contribution in [2.45, 2.75) is 52.5 Å². The highest BCUT2D eigenvalue weighted by molar-refractivity contribution is 5.91. The van der Waals surface area contributed by atoms with Gasteiger partial charge in [-0.25, -0.2) is 4.79 Å². The number of hydrogen-bond donors (Lipinski definition) is 2. The molecule has 1 heterocycles. The Morgan fingerprint density at radius 2 is 1.70 bits per heavy atom. The number of likely N-dealkylation sites (tertiary alicyclic amines) is 1. The van der Waals surface area contributed by atoms with Crippen LogP contribution in [-0.2, 0) is 17.6 Å². The van der Waals surface area contributed by atoms with Crippen LogP contribution in [0.1, 0.15) is 44.7 Å². The lowest BCUT2D eigenvalue weighted by Gasteiger charge is -2.31. The number of carbonyl (C=O) groups is 2. The van der Waals surface area contributed by atoms with E-state index in [4.69, 9.17) is 0 Å². The van der Waals surface area contributed by atoms with Gasteiger partial charge in [-0.1, -0.05) is 32.0 Å². The van der Waals surface area contributed by atoms with E-state index in [0.29, 0.717) is 13.1 Å². The molecule has 126 valence electrons. The van der Waals surface area contributed by atoms with Gasteiger partial charge in [-0.2, -0.15) is 0 Å². The van der Waals surface area contributed by atoms with E-state index in [-0.39, 0.29) is 18.0 Å². The Balaban J connectivity index is 1.94. The Bertz CT molecular complexity index is 541. The average Bonchev–Trinajstić information content (AvgIpc) is 2.55. The SMILES string of the molecule is CCc1cccc(CC)c1NC(=O)NC1CCN(C(C)=O)CC1. The van der Waals surface area contributed by atoms with Crippen molar-refractivity contribution in [1.82, 2.24) is 10.2 Å². The van der Waals surface area contributed by atoms with Crippen LogP contribution in [0.2, 0.25) is 0 Å². The van der Waals surface area contributed by atoms with Gasteiger partial charge in [0, 0.05) is 31.7 Å². The molecule has 0 unspecified atom stereocenters. The first-order valence-corrected chi connectivity index (χ1v) is 8.48. The van der Waals surface area contributed by atoms with Crippen LogP contribution < -0.4 is 10.6 Å². The first kappa shape index (κ1) is 17.3. The molecule has 23 heavy (non-hydrogen) atoms. The molecule has 1 aliphatic rings. The van der Waals surface area contributed by atoms with Gasteiger partial charge >= 0.3 is 6.03 Å². The average molecular weight is 317 g/mol. The molecule has 1 aliphatic heterocycles. The van der Waals surface area contributed by atoms with E-state index in [2.05, 4.69) is 36.6 Å². The third-order valence-corrected chi connectivity index (χ3v) is 4.51. The fourth-order valence-corrected chi connectivity index (χ4v) is 3.08. The second-order valence-corrected chi connectivity index (χ2v) is 6.04. The summed E-state index contributed by atoms with van der Waals surface area (Å²) in [5, 5.41) is 6.07. The van der Waals surface area contributed by atoms with Crippen molar-refractivity contribution in [3.8, 4) is 0 Å². The second kappa shape index (κ2) is 7.99. The highest BCUT2D eigenvalue weighted by atomic mass is 16.2. The van der Waals surface area contributed by atoms with E-state index in [9.17, 15) is 9.59 Å². The van der Waals surface area contributed by atoms with Gasteiger partial charge in [-0.15, -0.1) is 0 Å². The number of aryl methyl sites for hydroxylation is 2. The van der Waals surface area contributed by atoms with Gasteiger partial charge in [0.05, 0.1) is 0 Å². The molecule has 0 radical (unpaired) electrons. The first-order chi connectivity index (χ1) is 11.0. The number of rotatable bonds is 4. The fraction of sp³-hybridized carbons (Fsp3) is 0.556. The number of carbonyl (C=O) groups excluding carboxylic acids is 2. The van der Waals surface area contributed by atoms with Crippen LogP contribution in [0.5, 0.6) is 0 Å². The van der Waals surface area contributed by atoms with Crippen LogP contribution in [0.15, 0.2) is 18.2 Å². The molecule has 1 aromatic rings. The second-order valence-electron chi connectivity index (χ2n) is 6.04. The molecule has 0 aliphatic carbocycles. The fourth-order valence-electron chi connectivity index (χ4n) is 3.08. The molecule has 5 heteroatoms. The predicted molar refractivity (Wildman–Crippen MR) is 92.6 cm³/mol. The van der Waals surface area contributed by atoms with E-state index in [1.54, 1.807) is 6.92 Å². The van der Waals surface area contributed by atoms with Gasteiger partial charge in [0.25, 0.3) is 0 Å². The third-order valence-electron chi connectivity index (χ3n) is 4.51. The summed E-state index contributed by atoms with van der Waals surface area (Å²) in [6.45, 7) is 7.21. The van der Waals surface area contributed by atoms with Gasteiger partial charge < -0.3 is 15.5 Å². The summed E-state index contributed by atoms with van der Waals surface area (Å²) in [6, 6.07) is 6.13. The maximum absolute atomic E-state index is 12.3. The van der Waals surface area contributed by atoms with Gasteiger partial charge in [0.2, 0.25) is 5.91 Å². The van der Waals surface area contributed by atoms with E-state index in [0.717, 1.165) is 42.5 Å². The molecule has 0 aromatic heterocycles. The zero-order valence-corrected chi connectivity index (χ0v) is 14.3. The molecule has 1 saturated heterocycles. The number of nitrogens with one attached hydrogen (secondary N) is 2. The van der Waals surface area contributed by atoms with Crippen molar-refractivity contribution in [2.24, 2.45) is 0 Å². The summed E-state index contributed by atoms with van der Waals surface area (Å²) >= 11 is 0. The quantitative estimate of drug-likeness (QED) is 0.897. The minimum atomic E-state index is -0.151. The first-order valence-electron chi connectivity index (χ1n) is 8.48. The monoisotopic (exact) mass is 317 g/mol. The third kappa shape index (κ3) is 4.47. The number of anilines is 1. The van der Waals surface area contributed by atoms with Gasteiger partial charge in [0.1, 0.15) is 0 Å². The molecule has 1 fully saturated rings. The van der Waals surface area contributed by atoms with Gasteiger partial charge in [-0.05, 0) is 36.8 Å². The van der Waals surface area contributed by atoms with Crippen LogP contribution in [0, 0.1) is 0 Å². The van der Waals surface area contributed by atoms with E-state index in [1.807, 2.05) is 11.0 Å². The molecule has 3 amide bonds. The number of piperidine rings is 1. The topological polar surface area (TPSA) is 61.4 Å². The normalized spacial score (nSPS) is 15.3. The molecule has 2 rings (SSSR count). The van der Waals surface area contributed by atoms with Crippen molar-refractivity contribution in [1.29, 1.82) is 0 Å². The van der Waals surface area contributed by atoms with Crippen molar-refractivity contribution >= 4 is 17.6 Å². The van der Waals surface area contributed by atoms with Crippen molar-refractivity contribution in [3.63, 3.8) is 0 Å². The molecular weight excluding hydrogens is 290 g/mol. The number of amides is 3. The zero-order valence-electron chi connectivity index (χ0n) is 14.3. The van der Waals surface area contributed by atoms with Crippen LogP contribution in [0.3, 0.4) is 0 Å². The Hall–Kier alpha value is -2.04. The lowest BCUT2D eigenvalue weighted by atomic mass is 10.0. The largest absolute Gasteiger partial charge is 0.343 e. The summed E-state index contributed by atoms with van der Waals surface area (Å²) < 4.78 is 0. The minimum absolute atomic E-state index is 0.109. The minimum Gasteiger partial charge on any atom is -0.343 e. The van der Waals surface area contributed by atoms with Gasteiger partial charge in [0.15, 0.2) is 0 Å². The maximum atomic E-state index is 12.3. The molecule has 0 bridgehead atoms. The van der Waals surface area contributed by atoms with E-state index >= 15 is 0 Å². The van der Waals surface area contributed by atoms with Crippen LogP contribution >= 0.6 is 0 Å². The predicted octanol–water partition coefficient (Wildman–Crippen LogP) is 2.94. The Kier molecular flexibility index (Phi) is 6.02. The van der Waals surface area contributed by atoms with E-state index in [1.165, 1.54) is 0 Å². The summed E-state index contributed by atoms with van der Waals surface area (Å²) in [7, 11) is 0. The Labute approximate surface area is 138 Å². The summed E-state index contributed by atoms with van der Waals surface area (Å²) in [6.07, 6.45) is 3.40. The zero-order chi connectivity index (χ0) is 16.8. The van der Waals surface area contributed by atoms with Crippen LogP contribution in [-0.4, -0.2) is 36.0 Å². The van der Waals surface area contributed by atoms with Crippen LogP contribution in [0.4, 0.5) is 10.5 Å². The van der Waals surface area contributed by atoms with Gasteiger partial charge in [-0.3, -0.25) is 4.79 Å². The number of urea groups is 1. The lowest BCUT2D eigenvalue weighted by molar-refractivity contribution is -0.129. The van der Waals surface area contributed by atoms with Crippen molar-refractivity contribution in [2.75, 3.05) is 18.4 Å². The highest BCUT2D eigenvalue weighted by Crippen LogP contribution is 2.22. The number of hydrogen-bond acceptors (Lipinski definition) is 2. The summed E-state index contributed by atoms with van der Waals surface area (Å²) in [5.74, 6) is 0.109. The molecule has 0 atom stereocenters. The molecule has 2 N–H and O–H groups in total. The standard InChI is InChI=1S/C18H27N3O2/c1-4-14-7-6-8-15(5-2)17(14)20-18(23)19-16-9-11-21(12-10-16)13(3)22/h6-8,16H,4-5,9-12H2,1-3H3,(H2,19,20,23). The smallest absolute Gasteiger partial charge is 0.319 e. The lowest BCUT2D eigenvalue weighted by Crippen LogP contribution is -2.47. The molecule has 0 saturated carbocycles. The molecule has 5 nitrogen and oxygen atoms in total. The number of para-hydroxylation sites is 1. The maximum Gasteiger partial charge on any atom is 0.319 e. The van der Waals surface area contributed by atoms with Crippen LogP contribution in [0.25, 0.3) is 0 Å². The Morgan fingerprint density at radius 3 is 2.17 bits per heavy atom. The summed E-state index contributed by atoms with van der Waals surface area (Å²) in [4.78, 5) is 25.5. The van der Waals surface area contributed by atoms with E-state index < -0.39 is 0 Å². The number of benzene rings is 1. The summed E-state index contributed by atoms with van der Waals surface area (Å²) in [5.41, 5.74) is 3.26. The molecule has 1 aromatic carbocycles. The molecular formula is C18H27N3O2. The highest BCUT2D eigenvalue weighted by Gasteiger charge is 2.22. The molecule has 0 spiro atoms. The number of nitrogens with zero attached hydrogens (tertiary/aromatic N) is 1.